The van der Waals surface area contributed by atoms with E-state index in [-0.39, 0.29) is 5.92 Å². The third kappa shape index (κ3) is 10.7. The fourth-order valence-corrected chi connectivity index (χ4v) is 1.77. The predicted octanol–water partition coefficient (Wildman–Crippen LogP) is -2.36. The Labute approximate surface area is 144 Å². The highest BCUT2D eigenvalue weighted by molar-refractivity contribution is 5.91. The van der Waals surface area contributed by atoms with E-state index in [1.54, 1.807) is 0 Å². The average Bonchev–Trinajstić information content (AvgIpc) is 2.48. The number of amides is 3. The molecular formula is C14H24N4O7. The highest BCUT2D eigenvalue weighted by Gasteiger charge is 2.23. The topological polar surface area (TPSA) is 188 Å². The zero-order valence-electron chi connectivity index (χ0n) is 14.1. The molecule has 142 valence electrons. The van der Waals surface area contributed by atoms with Gasteiger partial charge in [0.15, 0.2) is 0 Å². The molecule has 0 spiro atoms. The second-order valence-electron chi connectivity index (χ2n) is 5.79. The van der Waals surface area contributed by atoms with Crippen molar-refractivity contribution < 1.29 is 34.2 Å². The summed E-state index contributed by atoms with van der Waals surface area (Å²) in [5.74, 6) is -4.73. The Bertz CT molecular complexity index is 521. The normalized spacial score (nSPS) is 12.8. The van der Waals surface area contributed by atoms with Crippen LogP contribution < -0.4 is 21.7 Å². The second-order valence-corrected chi connectivity index (χ2v) is 5.79. The Kier molecular flexibility index (Phi) is 9.79. The first-order valence-electron chi connectivity index (χ1n) is 7.56. The molecule has 0 aromatic carbocycles. The molecule has 3 amide bonds. The summed E-state index contributed by atoms with van der Waals surface area (Å²) in [5, 5.41) is 23.8. The maximum atomic E-state index is 11.6. The van der Waals surface area contributed by atoms with E-state index in [1.807, 2.05) is 19.2 Å². The zero-order chi connectivity index (χ0) is 19.6. The van der Waals surface area contributed by atoms with Crippen LogP contribution in [0.3, 0.4) is 0 Å². The molecule has 0 saturated heterocycles. The predicted molar refractivity (Wildman–Crippen MR) is 85.3 cm³/mol. The van der Waals surface area contributed by atoms with E-state index in [1.165, 1.54) is 0 Å². The molecule has 0 aliphatic heterocycles. The van der Waals surface area contributed by atoms with E-state index in [4.69, 9.17) is 15.9 Å². The van der Waals surface area contributed by atoms with Gasteiger partial charge in [-0.05, 0) is 12.3 Å². The van der Waals surface area contributed by atoms with Gasteiger partial charge < -0.3 is 31.9 Å². The van der Waals surface area contributed by atoms with Gasteiger partial charge in [-0.3, -0.25) is 19.2 Å². The van der Waals surface area contributed by atoms with E-state index in [2.05, 4.69) is 10.6 Å². The van der Waals surface area contributed by atoms with Crippen molar-refractivity contribution in [1.82, 2.24) is 16.0 Å². The summed E-state index contributed by atoms with van der Waals surface area (Å²) in [6.07, 6.45) is -0.338. The minimum atomic E-state index is -1.60. The van der Waals surface area contributed by atoms with E-state index >= 15 is 0 Å². The Morgan fingerprint density at radius 3 is 2.00 bits per heavy atom. The average molecular weight is 360 g/mol. The molecule has 0 radical (unpaired) electrons. The van der Waals surface area contributed by atoms with E-state index in [0.717, 1.165) is 0 Å². The van der Waals surface area contributed by atoms with Crippen molar-refractivity contribution in [3.05, 3.63) is 0 Å². The summed E-state index contributed by atoms with van der Waals surface area (Å²) in [4.78, 5) is 56.0. The lowest BCUT2D eigenvalue weighted by Gasteiger charge is -2.14. The van der Waals surface area contributed by atoms with E-state index < -0.39 is 61.3 Å². The monoisotopic (exact) mass is 360 g/mol. The minimum Gasteiger partial charge on any atom is -0.481 e. The maximum absolute atomic E-state index is 11.6. The van der Waals surface area contributed by atoms with Crippen LogP contribution in [0.15, 0.2) is 0 Å². The quantitative estimate of drug-likeness (QED) is 0.236. The van der Waals surface area contributed by atoms with Gasteiger partial charge in [0.05, 0.1) is 25.6 Å². The van der Waals surface area contributed by atoms with Crippen LogP contribution in [0.25, 0.3) is 0 Å². The number of rotatable bonds is 11. The van der Waals surface area contributed by atoms with Crippen molar-refractivity contribution in [2.75, 3.05) is 13.1 Å². The van der Waals surface area contributed by atoms with Gasteiger partial charge in [-0.2, -0.15) is 0 Å². The number of hydrogen-bond acceptors (Lipinski definition) is 6. The summed E-state index contributed by atoms with van der Waals surface area (Å²) in [6, 6.07) is -2.35. The first-order chi connectivity index (χ1) is 11.5. The van der Waals surface area contributed by atoms with Gasteiger partial charge in [-0.15, -0.1) is 0 Å². The fraction of sp³-hybridized carbons (Fsp3) is 0.643. The smallest absolute Gasteiger partial charge is 0.326 e. The number of nitrogens with two attached hydrogens (primary N) is 1. The zero-order valence-corrected chi connectivity index (χ0v) is 14.1. The lowest BCUT2D eigenvalue weighted by atomic mass is 10.0. The molecule has 0 heterocycles. The molecule has 0 fully saturated rings. The van der Waals surface area contributed by atoms with Gasteiger partial charge in [0.1, 0.15) is 6.04 Å². The Morgan fingerprint density at radius 2 is 1.52 bits per heavy atom. The Balaban J connectivity index is 4.19. The van der Waals surface area contributed by atoms with Crippen LogP contribution in [0, 0.1) is 5.92 Å². The summed E-state index contributed by atoms with van der Waals surface area (Å²) in [6.45, 7) is 2.84. The molecule has 7 N–H and O–H groups in total. The molecule has 0 bridgehead atoms. The first kappa shape index (κ1) is 22.3. The molecule has 2 atom stereocenters. The summed E-state index contributed by atoms with van der Waals surface area (Å²) in [7, 11) is 0. The van der Waals surface area contributed by atoms with Crippen molar-refractivity contribution in [3.8, 4) is 0 Å². The van der Waals surface area contributed by atoms with Gasteiger partial charge in [-0.1, -0.05) is 13.8 Å². The number of hydrogen-bond donors (Lipinski definition) is 6. The van der Waals surface area contributed by atoms with Crippen molar-refractivity contribution in [1.29, 1.82) is 0 Å². The van der Waals surface area contributed by atoms with Gasteiger partial charge >= 0.3 is 11.9 Å². The minimum absolute atomic E-state index is 0.214. The Morgan fingerprint density at radius 1 is 0.960 bits per heavy atom. The third-order valence-corrected chi connectivity index (χ3v) is 2.94. The van der Waals surface area contributed by atoms with Crippen molar-refractivity contribution in [3.63, 3.8) is 0 Å². The van der Waals surface area contributed by atoms with E-state index in [0.29, 0.717) is 6.42 Å². The summed E-state index contributed by atoms with van der Waals surface area (Å²) < 4.78 is 0. The molecule has 0 aliphatic rings. The van der Waals surface area contributed by atoms with Crippen LogP contribution in [0.5, 0.6) is 0 Å². The van der Waals surface area contributed by atoms with Crippen LogP contribution in [-0.2, 0) is 24.0 Å². The lowest BCUT2D eigenvalue weighted by molar-refractivity contribution is -0.147. The van der Waals surface area contributed by atoms with E-state index in [9.17, 15) is 24.0 Å². The van der Waals surface area contributed by atoms with Gasteiger partial charge in [0.25, 0.3) is 0 Å². The molecule has 11 heteroatoms. The fourth-order valence-electron chi connectivity index (χ4n) is 1.77. The SMILES string of the molecule is CC(C)CC(N)C(=O)NCC(=O)NCC(=O)NC(CC(=O)O)C(=O)O. The molecule has 0 aromatic heterocycles. The number of aliphatic carboxylic acids is 2. The molecule has 2 unspecified atom stereocenters. The van der Waals surface area contributed by atoms with Crippen molar-refractivity contribution in [2.24, 2.45) is 11.7 Å². The first-order valence-corrected chi connectivity index (χ1v) is 7.56. The number of nitrogens with one attached hydrogen (secondary N) is 3. The van der Waals surface area contributed by atoms with Gasteiger partial charge in [0.2, 0.25) is 17.7 Å². The Hall–Kier alpha value is -2.69. The third-order valence-electron chi connectivity index (χ3n) is 2.94. The standard InChI is InChI=1S/C14H24N4O7/c1-7(2)3-8(15)13(23)17-5-10(19)16-6-11(20)18-9(14(24)25)4-12(21)22/h7-9H,3-6,15H2,1-2H3,(H,16,19)(H,17,23)(H,18,20)(H,21,22)(H,24,25). The largest absolute Gasteiger partial charge is 0.481 e. The summed E-state index contributed by atoms with van der Waals surface area (Å²) in [5.41, 5.74) is 5.64. The van der Waals surface area contributed by atoms with Crippen LogP contribution in [0.4, 0.5) is 0 Å². The number of carbonyl (C=O) groups excluding carboxylic acids is 3. The van der Waals surface area contributed by atoms with Gasteiger partial charge in [-0.25, -0.2) is 4.79 Å². The number of carboxylic acid groups (broad SMARTS) is 2. The highest BCUT2D eigenvalue weighted by Crippen LogP contribution is 2.02. The van der Waals surface area contributed by atoms with Gasteiger partial charge in [0, 0.05) is 0 Å². The summed E-state index contributed by atoms with van der Waals surface area (Å²) >= 11 is 0. The molecule has 0 aromatic rings. The van der Waals surface area contributed by atoms with Crippen LogP contribution >= 0.6 is 0 Å². The maximum Gasteiger partial charge on any atom is 0.326 e. The van der Waals surface area contributed by atoms with Crippen molar-refractivity contribution >= 4 is 29.7 Å². The molecular weight excluding hydrogens is 336 g/mol. The molecule has 0 aliphatic carbocycles. The molecule has 11 nitrogen and oxygen atoms in total. The van der Waals surface area contributed by atoms with Crippen molar-refractivity contribution in [2.45, 2.75) is 38.8 Å². The lowest BCUT2D eigenvalue weighted by Crippen LogP contribution is -2.49. The molecule has 0 rings (SSSR count). The molecule has 0 saturated carbocycles. The van der Waals surface area contributed by atoms with Crippen LogP contribution in [0.1, 0.15) is 26.7 Å². The second kappa shape index (κ2) is 11.0. The number of carboxylic acids is 2. The highest BCUT2D eigenvalue weighted by atomic mass is 16.4. The van der Waals surface area contributed by atoms with Crippen LogP contribution in [0.2, 0.25) is 0 Å². The van der Waals surface area contributed by atoms with Crippen LogP contribution in [-0.4, -0.2) is 65.0 Å². The number of carbonyl (C=O) groups is 5. The molecule has 25 heavy (non-hydrogen) atoms.